The van der Waals surface area contributed by atoms with E-state index in [0.717, 1.165) is 0 Å². The molecular weight excluding hydrogens is 256 g/mol. The lowest BCUT2D eigenvalue weighted by molar-refractivity contribution is -0.136. The molecule has 0 aliphatic rings. The van der Waals surface area contributed by atoms with Crippen LogP contribution in [-0.4, -0.2) is 22.0 Å². The van der Waals surface area contributed by atoms with E-state index in [1.54, 1.807) is 43.3 Å². The first-order chi connectivity index (χ1) is 9.49. The van der Waals surface area contributed by atoms with Gasteiger partial charge in [-0.2, -0.15) is 0 Å². The van der Waals surface area contributed by atoms with Gasteiger partial charge in [-0.05, 0) is 24.1 Å². The van der Waals surface area contributed by atoms with Crippen LogP contribution in [0.25, 0.3) is 0 Å². The molecule has 2 aromatic carbocycles. The average Bonchev–Trinajstić information content (AvgIpc) is 2.42. The number of carboxylic acids is 1. The SMILES string of the molecule is Cc1cc(CC(=O)O)cc(C(=O)c2ccccc2)c1O. The van der Waals surface area contributed by atoms with Crippen LogP contribution in [0.15, 0.2) is 42.5 Å². The summed E-state index contributed by atoms with van der Waals surface area (Å²) in [5.41, 5.74) is 1.57. The molecule has 0 amide bonds. The molecule has 0 aliphatic heterocycles. The van der Waals surface area contributed by atoms with Crippen molar-refractivity contribution >= 4 is 11.8 Å². The monoisotopic (exact) mass is 270 g/mol. The zero-order chi connectivity index (χ0) is 14.7. The minimum Gasteiger partial charge on any atom is -0.507 e. The van der Waals surface area contributed by atoms with Crippen LogP contribution in [0.3, 0.4) is 0 Å². The zero-order valence-electron chi connectivity index (χ0n) is 11.0. The number of phenols is 1. The second-order valence-corrected chi connectivity index (χ2v) is 4.57. The normalized spacial score (nSPS) is 10.2. The summed E-state index contributed by atoms with van der Waals surface area (Å²) in [6.45, 7) is 1.64. The van der Waals surface area contributed by atoms with Crippen LogP contribution >= 0.6 is 0 Å². The molecule has 0 aromatic heterocycles. The van der Waals surface area contributed by atoms with E-state index < -0.39 is 5.97 Å². The maximum atomic E-state index is 12.3. The number of hydrogen-bond donors (Lipinski definition) is 2. The molecule has 0 bridgehead atoms. The van der Waals surface area contributed by atoms with Gasteiger partial charge in [-0.15, -0.1) is 0 Å². The molecule has 0 saturated heterocycles. The number of rotatable bonds is 4. The Labute approximate surface area is 116 Å². The van der Waals surface area contributed by atoms with Crippen LogP contribution < -0.4 is 0 Å². The maximum absolute atomic E-state index is 12.3. The molecule has 2 aromatic rings. The first-order valence-corrected chi connectivity index (χ1v) is 6.13. The third-order valence-electron chi connectivity index (χ3n) is 3.00. The number of carbonyl (C=O) groups is 2. The van der Waals surface area contributed by atoms with Gasteiger partial charge in [0.2, 0.25) is 0 Å². The van der Waals surface area contributed by atoms with E-state index in [4.69, 9.17) is 5.11 Å². The van der Waals surface area contributed by atoms with Crippen molar-refractivity contribution < 1.29 is 19.8 Å². The highest BCUT2D eigenvalue weighted by Gasteiger charge is 2.17. The molecule has 0 fully saturated rings. The van der Waals surface area contributed by atoms with E-state index in [9.17, 15) is 14.7 Å². The molecule has 4 nitrogen and oxygen atoms in total. The van der Waals surface area contributed by atoms with E-state index in [0.29, 0.717) is 16.7 Å². The molecule has 102 valence electrons. The fourth-order valence-corrected chi connectivity index (χ4v) is 2.05. The summed E-state index contributed by atoms with van der Waals surface area (Å²) in [5.74, 6) is -1.40. The van der Waals surface area contributed by atoms with E-state index >= 15 is 0 Å². The number of aliphatic carboxylic acids is 1. The largest absolute Gasteiger partial charge is 0.507 e. The van der Waals surface area contributed by atoms with Gasteiger partial charge in [-0.1, -0.05) is 36.4 Å². The summed E-state index contributed by atoms with van der Waals surface area (Å²) >= 11 is 0. The fourth-order valence-electron chi connectivity index (χ4n) is 2.05. The van der Waals surface area contributed by atoms with Crippen LogP contribution in [0.4, 0.5) is 0 Å². The number of ketones is 1. The summed E-state index contributed by atoms with van der Waals surface area (Å²) in [6.07, 6.45) is -0.184. The number of carbonyl (C=O) groups excluding carboxylic acids is 1. The van der Waals surface area contributed by atoms with Crippen molar-refractivity contribution in [2.75, 3.05) is 0 Å². The predicted molar refractivity (Wildman–Crippen MR) is 74.1 cm³/mol. The Hall–Kier alpha value is -2.62. The molecule has 0 aliphatic carbocycles. The number of phenolic OH excluding ortho intramolecular Hbond substituents is 1. The Morgan fingerprint density at radius 2 is 1.75 bits per heavy atom. The highest BCUT2D eigenvalue weighted by Crippen LogP contribution is 2.26. The lowest BCUT2D eigenvalue weighted by atomic mass is 9.96. The van der Waals surface area contributed by atoms with Crippen molar-refractivity contribution in [2.45, 2.75) is 13.3 Å². The van der Waals surface area contributed by atoms with Crippen molar-refractivity contribution in [3.05, 3.63) is 64.7 Å². The van der Waals surface area contributed by atoms with Gasteiger partial charge in [0.15, 0.2) is 5.78 Å². The Balaban J connectivity index is 2.47. The van der Waals surface area contributed by atoms with Gasteiger partial charge < -0.3 is 10.2 Å². The molecule has 2 N–H and O–H groups in total. The Morgan fingerprint density at radius 3 is 2.35 bits per heavy atom. The van der Waals surface area contributed by atoms with Crippen molar-refractivity contribution in [2.24, 2.45) is 0 Å². The minimum atomic E-state index is -0.979. The third-order valence-corrected chi connectivity index (χ3v) is 3.00. The Bertz CT molecular complexity index is 660. The molecule has 0 atom stereocenters. The third kappa shape index (κ3) is 2.85. The predicted octanol–water partition coefficient (Wildman–Crippen LogP) is 2.56. The maximum Gasteiger partial charge on any atom is 0.307 e. The van der Waals surface area contributed by atoms with Crippen molar-refractivity contribution in [1.29, 1.82) is 0 Å². The smallest absolute Gasteiger partial charge is 0.307 e. The van der Waals surface area contributed by atoms with Crippen molar-refractivity contribution in [3.63, 3.8) is 0 Å². The van der Waals surface area contributed by atoms with E-state index in [1.807, 2.05) is 0 Å². The second kappa shape index (κ2) is 5.57. The average molecular weight is 270 g/mol. The van der Waals surface area contributed by atoms with Gasteiger partial charge in [-0.25, -0.2) is 0 Å². The zero-order valence-corrected chi connectivity index (χ0v) is 11.0. The second-order valence-electron chi connectivity index (χ2n) is 4.57. The summed E-state index contributed by atoms with van der Waals surface area (Å²) in [7, 11) is 0. The lowest BCUT2D eigenvalue weighted by Gasteiger charge is -2.09. The summed E-state index contributed by atoms with van der Waals surface area (Å²) in [6, 6.07) is 11.6. The minimum absolute atomic E-state index is 0.104. The van der Waals surface area contributed by atoms with Crippen LogP contribution in [0, 0.1) is 6.92 Å². The molecule has 0 spiro atoms. The molecule has 0 unspecified atom stereocenters. The molecular formula is C16H14O4. The standard InChI is InChI=1S/C16H14O4/c1-10-7-11(9-14(17)18)8-13(15(10)19)16(20)12-5-3-2-4-6-12/h2-8,19H,9H2,1H3,(H,17,18). The van der Waals surface area contributed by atoms with E-state index in [2.05, 4.69) is 0 Å². The number of hydrogen-bond acceptors (Lipinski definition) is 3. The van der Waals surface area contributed by atoms with Crippen molar-refractivity contribution in [3.8, 4) is 5.75 Å². The number of benzene rings is 2. The first kappa shape index (κ1) is 13.8. The highest BCUT2D eigenvalue weighted by atomic mass is 16.4. The molecule has 0 saturated carbocycles. The summed E-state index contributed by atoms with van der Waals surface area (Å²) in [5, 5.41) is 18.8. The molecule has 0 heterocycles. The topological polar surface area (TPSA) is 74.6 Å². The quantitative estimate of drug-likeness (QED) is 0.837. The van der Waals surface area contributed by atoms with Gasteiger partial charge in [0, 0.05) is 5.56 Å². The lowest BCUT2D eigenvalue weighted by Crippen LogP contribution is -2.06. The molecule has 0 radical (unpaired) electrons. The van der Waals surface area contributed by atoms with Gasteiger partial charge >= 0.3 is 5.97 Å². The van der Waals surface area contributed by atoms with Crippen LogP contribution in [0.2, 0.25) is 0 Å². The van der Waals surface area contributed by atoms with Crippen LogP contribution in [0.5, 0.6) is 5.75 Å². The van der Waals surface area contributed by atoms with Gasteiger partial charge in [0.25, 0.3) is 0 Å². The first-order valence-electron chi connectivity index (χ1n) is 6.13. The number of carboxylic acid groups (broad SMARTS) is 1. The molecule has 2 rings (SSSR count). The molecule has 20 heavy (non-hydrogen) atoms. The Morgan fingerprint density at radius 1 is 1.10 bits per heavy atom. The van der Waals surface area contributed by atoms with Crippen molar-refractivity contribution in [1.82, 2.24) is 0 Å². The number of aryl methyl sites for hydroxylation is 1. The fraction of sp³-hybridized carbons (Fsp3) is 0.125. The van der Waals surface area contributed by atoms with Gasteiger partial charge in [0.1, 0.15) is 5.75 Å². The van der Waals surface area contributed by atoms with E-state index in [-0.39, 0.29) is 23.5 Å². The Kier molecular flexibility index (Phi) is 3.84. The highest BCUT2D eigenvalue weighted by molar-refractivity contribution is 6.11. The van der Waals surface area contributed by atoms with Gasteiger partial charge in [0.05, 0.1) is 12.0 Å². The van der Waals surface area contributed by atoms with Gasteiger partial charge in [-0.3, -0.25) is 9.59 Å². The molecule has 4 heteroatoms. The number of aromatic hydroxyl groups is 1. The summed E-state index contributed by atoms with van der Waals surface area (Å²) in [4.78, 5) is 23.1. The van der Waals surface area contributed by atoms with Crippen LogP contribution in [-0.2, 0) is 11.2 Å². The summed E-state index contributed by atoms with van der Waals surface area (Å²) < 4.78 is 0. The van der Waals surface area contributed by atoms with E-state index in [1.165, 1.54) is 6.07 Å². The van der Waals surface area contributed by atoms with Crippen LogP contribution in [0.1, 0.15) is 27.0 Å².